The van der Waals surface area contributed by atoms with Gasteiger partial charge in [0.1, 0.15) is 0 Å². The van der Waals surface area contributed by atoms with E-state index in [1.165, 1.54) is 0 Å². The molecule has 0 spiro atoms. The Hall–Kier alpha value is -1.71. The first-order valence-corrected chi connectivity index (χ1v) is 4.19. The lowest BCUT2D eigenvalue weighted by Gasteiger charge is -2.08. The van der Waals surface area contributed by atoms with E-state index in [0.717, 1.165) is 5.56 Å². The van der Waals surface area contributed by atoms with Crippen molar-refractivity contribution in [1.29, 1.82) is 0 Å². The molecular weight excluding hydrogens is 182 g/mol. The second kappa shape index (κ2) is 5.11. The predicted molar refractivity (Wildman–Crippen MR) is 52.4 cm³/mol. The molecule has 0 aliphatic rings. The summed E-state index contributed by atoms with van der Waals surface area (Å²) in [5.74, 6) is 1.35. The Bertz CT molecular complexity index is 312. The van der Waals surface area contributed by atoms with Crippen LogP contribution in [-0.4, -0.2) is 20.6 Å². The number of carbonyl (C=O) groups is 1. The van der Waals surface area contributed by atoms with Gasteiger partial charge in [0.05, 0.1) is 14.2 Å². The van der Waals surface area contributed by atoms with Crippen LogP contribution in [0.1, 0.15) is 5.56 Å². The van der Waals surface area contributed by atoms with E-state index in [2.05, 4.69) is 5.32 Å². The third-order valence-corrected chi connectivity index (χ3v) is 1.84. The van der Waals surface area contributed by atoms with Crippen LogP contribution in [0.3, 0.4) is 0 Å². The number of ether oxygens (including phenoxy) is 2. The molecule has 0 aromatic heterocycles. The number of carbonyl (C=O) groups excluding carboxylic acids is 1. The molecule has 4 heteroatoms. The zero-order valence-corrected chi connectivity index (χ0v) is 8.24. The van der Waals surface area contributed by atoms with Gasteiger partial charge in [-0.2, -0.15) is 0 Å². The highest BCUT2D eigenvalue weighted by Gasteiger charge is 2.03. The molecule has 0 aliphatic carbocycles. The monoisotopic (exact) mass is 195 g/mol. The molecule has 1 amide bonds. The van der Waals surface area contributed by atoms with Crippen LogP contribution in [0, 0.1) is 0 Å². The van der Waals surface area contributed by atoms with Gasteiger partial charge in [-0.3, -0.25) is 4.79 Å². The number of hydrogen-bond donors (Lipinski definition) is 1. The Morgan fingerprint density at radius 1 is 1.29 bits per heavy atom. The van der Waals surface area contributed by atoms with Crippen molar-refractivity contribution in [1.82, 2.24) is 5.32 Å². The van der Waals surface area contributed by atoms with Crippen molar-refractivity contribution >= 4 is 6.41 Å². The van der Waals surface area contributed by atoms with Crippen LogP contribution in [0.5, 0.6) is 11.5 Å². The first-order chi connectivity index (χ1) is 6.81. The van der Waals surface area contributed by atoms with Crippen molar-refractivity contribution in [2.45, 2.75) is 6.54 Å². The van der Waals surface area contributed by atoms with Crippen molar-refractivity contribution < 1.29 is 14.3 Å². The molecule has 14 heavy (non-hydrogen) atoms. The molecule has 0 aliphatic heterocycles. The Morgan fingerprint density at radius 2 is 2.00 bits per heavy atom. The number of amides is 1. The van der Waals surface area contributed by atoms with Gasteiger partial charge in [0.15, 0.2) is 11.5 Å². The predicted octanol–water partition coefficient (Wildman–Crippen LogP) is 0.950. The van der Waals surface area contributed by atoms with E-state index in [9.17, 15) is 4.79 Å². The van der Waals surface area contributed by atoms with Crippen LogP contribution < -0.4 is 14.8 Å². The average molecular weight is 195 g/mol. The van der Waals surface area contributed by atoms with E-state index >= 15 is 0 Å². The Labute approximate surface area is 82.8 Å². The third-order valence-electron chi connectivity index (χ3n) is 1.84. The van der Waals surface area contributed by atoms with Gasteiger partial charge in [0, 0.05) is 6.54 Å². The fourth-order valence-electron chi connectivity index (χ4n) is 1.15. The SMILES string of the molecule is COc1ccc(CNC=O)cc1OC. The summed E-state index contributed by atoms with van der Waals surface area (Å²) < 4.78 is 10.2. The van der Waals surface area contributed by atoms with Gasteiger partial charge in [0.25, 0.3) is 0 Å². The zero-order valence-electron chi connectivity index (χ0n) is 8.24. The molecule has 0 bridgehead atoms. The molecule has 0 unspecified atom stereocenters. The van der Waals surface area contributed by atoms with Crippen molar-refractivity contribution in [3.8, 4) is 11.5 Å². The number of hydrogen-bond acceptors (Lipinski definition) is 3. The average Bonchev–Trinajstić information content (AvgIpc) is 2.25. The lowest BCUT2D eigenvalue weighted by atomic mass is 10.2. The van der Waals surface area contributed by atoms with Gasteiger partial charge >= 0.3 is 0 Å². The van der Waals surface area contributed by atoms with Crippen LogP contribution in [-0.2, 0) is 11.3 Å². The molecular formula is C10H13NO3. The van der Waals surface area contributed by atoms with Crippen LogP contribution in [0.4, 0.5) is 0 Å². The van der Waals surface area contributed by atoms with Crippen LogP contribution in [0.2, 0.25) is 0 Å². The van der Waals surface area contributed by atoms with E-state index in [4.69, 9.17) is 9.47 Å². The van der Waals surface area contributed by atoms with Gasteiger partial charge in [-0.15, -0.1) is 0 Å². The molecule has 0 atom stereocenters. The van der Waals surface area contributed by atoms with Crippen LogP contribution in [0.25, 0.3) is 0 Å². The van der Waals surface area contributed by atoms with E-state index in [1.54, 1.807) is 20.3 Å². The van der Waals surface area contributed by atoms with Gasteiger partial charge in [-0.1, -0.05) is 6.07 Å². The summed E-state index contributed by atoms with van der Waals surface area (Å²) in [6.45, 7) is 0.490. The molecule has 0 fully saturated rings. The Kier molecular flexibility index (Phi) is 3.79. The smallest absolute Gasteiger partial charge is 0.207 e. The largest absolute Gasteiger partial charge is 0.493 e. The fraction of sp³-hybridized carbons (Fsp3) is 0.300. The maximum atomic E-state index is 10.1. The summed E-state index contributed by atoms with van der Waals surface area (Å²) in [5.41, 5.74) is 0.967. The molecule has 4 nitrogen and oxygen atoms in total. The first kappa shape index (κ1) is 10.4. The summed E-state index contributed by atoms with van der Waals surface area (Å²) >= 11 is 0. The molecule has 1 N–H and O–H groups in total. The number of benzene rings is 1. The highest BCUT2D eigenvalue weighted by molar-refractivity contribution is 5.47. The minimum absolute atomic E-state index is 0.490. The lowest BCUT2D eigenvalue weighted by Crippen LogP contribution is -2.09. The van der Waals surface area contributed by atoms with E-state index < -0.39 is 0 Å². The van der Waals surface area contributed by atoms with Gasteiger partial charge < -0.3 is 14.8 Å². The summed E-state index contributed by atoms with van der Waals surface area (Å²) in [7, 11) is 3.16. The summed E-state index contributed by atoms with van der Waals surface area (Å²) in [6.07, 6.45) is 0.663. The molecule has 0 heterocycles. The lowest BCUT2D eigenvalue weighted by molar-refractivity contribution is -0.109. The molecule has 1 aromatic carbocycles. The molecule has 1 aromatic rings. The van der Waals surface area contributed by atoms with Crippen molar-refractivity contribution in [3.05, 3.63) is 23.8 Å². The third kappa shape index (κ3) is 2.39. The molecule has 0 saturated carbocycles. The quantitative estimate of drug-likeness (QED) is 0.711. The number of methoxy groups -OCH3 is 2. The number of nitrogens with one attached hydrogen (secondary N) is 1. The highest BCUT2D eigenvalue weighted by Crippen LogP contribution is 2.27. The fourth-order valence-corrected chi connectivity index (χ4v) is 1.15. The van der Waals surface area contributed by atoms with Crippen molar-refractivity contribution in [2.75, 3.05) is 14.2 Å². The Morgan fingerprint density at radius 3 is 2.57 bits per heavy atom. The normalized spacial score (nSPS) is 9.29. The zero-order chi connectivity index (χ0) is 10.4. The summed E-state index contributed by atoms with van der Waals surface area (Å²) in [6, 6.07) is 5.51. The molecule has 76 valence electrons. The minimum Gasteiger partial charge on any atom is -0.493 e. The number of rotatable bonds is 5. The molecule has 0 radical (unpaired) electrons. The van der Waals surface area contributed by atoms with Gasteiger partial charge in [-0.25, -0.2) is 0 Å². The van der Waals surface area contributed by atoms with E-state index in [0.29, 0.717) is 24.5 Å². The van der Waals surface area contributed by atoms with Crippen molar-refractivity contribution in [3.63, 3.8) is 0 Å². The Balaban J connectivity index is 2.83. The summed E-state index contributed by atoms with van der Waals surface area (Å²) in [5, 5.41) is 2.58. The molecule has 0 saturated heterocycles. The maximum Gasteiger partial charge on any atom is 0.207 e. The topological polar surface area (TPSA) is 47.6 Å². The van der Waals surface area contributed by atoms with Crippen LogP contribution in [0.15, 0.2) is 18.2 Å². The van der Waals surface area contributed by atoms with E-state index in [-0.39, 0.29) is 0 Å². The highest BCUT2D eigenvalue weighted by atomic mass is 16.5. The maximum absolute atomic E-state index is 10.1. The first-order valence-electron chi connectivity index (χ1n) is 4.19. The minimum atomic E-state index is 0.490. The standard InChI is InChI=1S/C10H13NO3/c1-13-9-4-3-8(6-11-7-12)5-10(9)14-2/h3-5,7H,6H2,1-2H3,(H,11,12). The summed E-state index contributed by atoms with van der Waals surface area (Å²) in [4.78, 5) is 10.1. The van der Waals surface area contributed by atoms with Crippen molar-refractivity contribution in [2.24, 2.45) is 0 Å². The second-order valence-electron chi connectivity index (χ2n) is 2.69. The van der Waals surface area contributed by atoms with Gasteiger partial charge in [0.2, 0.25) is 6.41 Å². The molecule has 1 rings (SSSR count). The van der Waals surface area contributed by atoms with Crippen LogP contribution >= 0.6 is 0 Å². The van der Waals surface area contributed by atoms with E-state index in [1.807, 2.05) is 12.1 Å². The second-order valence-corrected chi connectivity index (χ2v) is 2.69. The van der Waals surface area contributed by atoms with Gasteiger partial charge in [-0.05, 0) is 17.7 Å².